The molecular formula is C16H24N6O3. The van der Waals surface area contributed by atoms with Crippen molar-refractivity contribution in [3.05, 3.63) is 26.7 Å². The Labute approximate surface area is 144 Å². The molecule has 2 aromatic heterocycles. The van der Waals surface area contributed by atoms with Crippen LogP contribution in [0.15, 0.2) is 9.59 Å². The van der Waals surface area contributed by atoms with Crippen LogP contribution in [0.5, 0.6) is 0 Å². The third kappa shape index (κ3) is 3.23. The third-order valence-electron chi connectivity index (χ3n) is 4.88. The largest absolute Gasteiger partial charge is 0.369 e. The van der Waals surface area contributed by atoms with Crippen LogP contribution in [-0.4, -0.2) is 43.0 Å². The number of carbonyl (C=O) groups is 1. The van der Waals surface area contributed by atoms with Crippen molar-refractivity contribution in [2.75, 3.05) is 13.1 Å². The van der Waals surface area contributed by atoms with Gasteiger partial charge in [-0.1, -0.05) is 13.3 Å². The zero-order valence-electron chi connectivity index (χ0n) is 14.6. The second kappa shape index (κ2) is 6.83. The number of fused-ring (bicyclic) bond motifs is 1. The quantitative estimate of drug-likeness (QED) is 0.731. The minimum absolute atomic E-state index is 0.138. The molecule has 3 heterocycles. The van der Waals surface area contributed by atoms with Crippen LogP contribution < -0.4 is 17.0 Å². The lowest BCUT2D eigenvalue weighted by Crippen LogP contribution is -2.31. The maximum atomic E-state index is 12.2. The van der Waals surface area contributed by atoms with Crippen LogP contribution in [0.1, 0.15) is 32.0 Å². The van der Waals surface area contributed by atoms with E-state index in [0.29, 0.717) is 36.6 Å². The molecule has 1 saturated heterocycles. The van der Waals surface area contributed by atoms with Crippen LogP contribution in [0.2, 0.25) is 0 Å². The van der Waals surface area contributed by atoms with Gasteiger partial charge in [0.2, 0.25) is 5.91 Å². The number of nitrogens with one attached hydrogen (secondary N) is 1. The standard InChI is InChI=1S/C16H24N6O3/c1-3-4-6-22-14-12(15(24)19-16(22)25)20(2)11(18-14)9-21-7-5-10(8-21)13(17)23/h10H,3-9H2,1-2H3,(H2,17,23)(H,19,24,25)/t10-/m0/s1. The molecule has 1 amide bonds. The fraction of sp³-hybridized carbons (Fsp3) is 0.625. The molecular weight excluding hydrogens is 324 g/mol. The summed E-state index contributed by atoms with van der Waals surface area (Å²) in [5, 5.41) is 0. The van der Waals surface area contributed by atoms with Crippen molar-refractivity contribution < 1.29 is 4.79 Å². The summed E-state index contributed by atoms with van der Waals surface area (Å²) in [4.78, 5) is 44.7. The number of amides is 1. The molecule has 1 atom stereocenters. The average molecular weight is 348 g/mol. The lowest BCUT2D eigenvalue weighted by atomic mass is 10.1. The van der Waals surface area contributed by atoms with Crippen molar-refractivity contribution in [2.45, 2.75) is 39.3 Å². The van der Waals surface area contributed by atoms with E-state index in [2.05, 4.69) is 14.9 Å². The molecule has 2 aromatic rings. The zero-order valence-corrected chi connectivity index (χ0v) is 14.6. The number of rotatable bonds is 6. The van der Waals surface area contributed by atoms with Crippen molar-refractivity contribution >= 4 is 17.1 Å². The van der Waals surface area contributed by atoms with Gasteiger partial charge in [-0.05, 0) is 19.4 Å². The topological polar surface area (TPSA) is 119 Å². The third-order valence-corrected chi connectivity index (χ3v) is 4.88. The number of carbonyl (C=O) groups excluding carboxylic acids is 1. The molecule has 0 bridgehead atoms. The summed E-state index contributed by atoms with van der Waals surface area (Å²) in [5.41, 5.74) is 5.35. The van der Waals surface area contributed by atoms with Gasteiger partial charge < -0.3 is 10.3 Å². The van der Waals surface area contributed by atoms with Crippen LogP contribution >= 0.6 is 0 Å². The fourth-order valence-corrected chi connectivity index (χ4v) is 3.36. The number of likely N-dealkylation sites (tertiary alicyclic amines) is 1. The van der Waals surface area contributed by atoms with E-state index < -0.39 is 11.2 Å². The second-order valence-electron chi connectivity index (χ2n) is 6.65. The predicted molar refractivity (Wildman–Crippen MR) is 93.1 cm³/mol. The first-order chi connectivity index (χ1) is 11.9. The number of unbranched alkanes of at least 4 members (excludes halogenated alkanes) is 1. The van der Waals surface area contributed by atoms with Crippen LogP contribution in [-0.2, 0) is 24.9 Å². The molecule has 1 aliphatic rings. The number of aromatic nitrogens is 4. The van der Waals surface area contributed by atoms with Crippen molar-refractivity contribution in [2.24, 2.45) is 18.7 Å². The molecule has 136 valence electrons. The Balaban J connectivity index is 1.96. The summed E-state index contributed by atoms with van der Waals surface area (Å²) < 4.78 is 3.26. The highest BCUT2D eigenvalue weighted by molar-refractivity contribution is 5.77. The number of aryl methyl sites for hydroxylation is 2. The molecule has 1 fully saturated rings. The Bertz CT molecular complexity index is 909. The average Bonchev–Trinajstić information content (AvgIpc) is 3.13. The fourth-order valence-electron chi connectivity index (χ4n) is 3.36. The van der Waals surface area contributed by atoms with Gasteiger partial charge in [0.05, 0.1) is 12.5 Å². The first-order valence-corrected chi connectivity index (χ1v) is 8.62. The lowest BCUT2D eigenvalue weighted by molar-refractivity contribution is -0.121. The van der Waals surface area contributed by atoms with E-state index in [1.165, 1.54) is 4.57 Å². The number of hydrogen-bond acceptors (Lipinski definition) is 5. The molecule has 0 unspecified atom stereocenters. The molecule has 0 aromatic carbocycles. The molecule has 1 aliphatic heterocycles. The molecule has 0 aliphatic carbocycles. The Morgan fingerprint density at radius 1 is 1.40 bits per heavy atom. The van der Waals surface area contributed by atoms with E-state index in [-0.39, 0.29) is 11.8 Å². The van der Waals surface area contributed by atoms with Crippen molar-refractivity contribution in [3.8, 4) is 0 Å². The summed E-state index contributed by atoms with van der Waals surface area (Å²) in [7, 11) is 1.77. The molecule has 3 N–H and O–H groups in total. The Kier molecular flexibility index (Phi) is 4.76. The van der Waals surface area contributed by atoms with E-state index in [0.717, 1.165) is 25.8 Å². The van der Waals surface area contributed by atoms with E-state index >= 15 is 0 Å². The van der Waals surface area contributed by atoms with Crippen molar-refractivity contribution in [1.29, 1.82) is 0 Å². The Morgan fingerprint density at radius 2 is 2.16 bits per heavy atom. The molecule has 9 heteroatoms. The number of nitrogens with zero attached hydrogens (tertiary/aromatic N) is 4. The van der Waals surface area contributed by atoms with E-state index in [1.807, 2.05) is 6.92 Å². The number of H-pyrrole nitrogens is 1. The highest BCUT2D eigenvalue weighted by Crippen LogP contribution is 2.19. The molecule has 0 spiro atoms. The maximum absolute atomic E-state index is 12.2. The van der Waals surface area contributed by atoms with Crippen LogP contribution in [0.3, 0.4) is 0 Å². The smallest absolute Gasteiger partial charge is 0.330 e. The van der Waals surface area contributed by atoms with Crippen LogP contribution in [0.25, 0.3) is 11.2 Å². The minimum atomic E-state index is -0.426. The normalized spacial score (nSPS) is 18.2. The zero-order chi connectivity index (χ0) is 18.1. The number of nitrogens with two attached hydrogens (primary N) is 1. The summed E-state index contributed by atoms with van der Waals surface area (Å²) in [6, 6.07) is 0. The minimum Gasteiger partial charge on any atom is -0.369 e. The number of primary amides is 1. The number of aromatic amines is 1. The van der Waals surface area contributed by atoms with Gasteiger partial charge in [0, 0.05) is 20.1 Å². The van der Waals surface area contributed by atoms with Crippen LogP contribution in [0.4, 0.5) is 0 Å². The predicted octanol–water partition coefficient (Wildman–Crippen LogP) is -0.469. The van der Waals surface area contributed by atoms with Gasteiger partial charge in [0.1, 0.15) is 5.82 Å². The number of imidazole rings is 1. The SMILES string of the molecule is CCCCn1c(=O)[nH]c(=O)c2c1nc(CN1CC[C@H](C(N)=O)C1)n2C. The molecule has 0 radical (unpaired) electrons. The van der Waals surface area contributed by atoms with Gasteiger partial charge >= 0.3 is 5.69 Å². The Morgan fingerprint density at radius 3 is 2.80 bits per heavy atom. The lowest BCUT2D eigenvalue weighted by Gasteiger charge is -2.14. The first kappa shape index (κ1) is 17.4. The number of hydrogen-bond donors (Lipinski definition) is 2. The van der Waals surface area contributed by atoms with Gasteiger partial charge in [-0.3, -0.25) is 24.0 Å². The van der Waals surface area contributed by atoms with E-state index in [9.17, 15) is 14.4 Å². The highest BCUT2D eigenvalue weighted by Gasteiger charge is 2.28. The van der Waals surface area contributed by atoms with E-state index in [1.54, 1.807) is 11.6 Å². The molecule has 0 saturated carbocycles. The van der Waals surface area contributed by atoms with Gasteiger partial charge in [-0.25, -0.2) is 9.78 Å². The second-order valence-corrected chi connectivity index (χ2v) is 6.65. The maximum Gasteiger partial charge on any atom is 0.330 e. The van der Waals surface area contributed by atoms with E-state index in [4.69, 9.17) is 5.73 Å². The summed E-state index contributed by atoms with van der Waals surface area (Å²) in [5.74, 6) is 0.277. The monoisotopic (exact) mass is 348 g/mol. The van der Waals surface area contributed by atoms with Gasteiger partial charge in [0.15, 0.2) is 11.2 Å². The summed E-state index contributed by atoms with van der Waals surface area (Å²) in [6.07, 6.45) is 2.51. The highest BCUT2D eigenvalue weighted by atomic mass is 16.2. The van der Waals surface area contributed by atoms with Crippen molar-refractivity contribution in [3.63, 3.8) is 0 Å². The van der Waals surface area contributed by atoms with Crippen molar-refractivity contribution in [1.82, 2.24) is 24.0 Å². The molecule has 9 nitrogen and oxygen atoms in total. The summed E-state index contributed by atoms with van der Waals surface area (Å²) in [6.45, 7) is 4.43. The van der Waals surface area contributed by atoms with Crippen LogP contribution in [0, 0.1) is 5.92 Å². The van der Waals surface area contributed by atoms with Gasteiger partial charge in [-0.15, -0.1) is 0 Å². The summed E-state index contributed by atoms with van der Waals surface area (Å²) >= 11 is 0. The first-order valence-electron chi connectivity index (χ1n) is 8.62. The molecule has 25 heavy (non-hydrogen) atoms. The molecule has 3 rings (SSSR count). The van der Waals surface area contributed by atoms with Gasteiger partial charge in [0.25, 0.3) is 5.56 Å². The Hall–Kier alpha value is -2.42. The van der Waals surface area contributed by atoms with Gasteiger partial charge in [-0.2, -0.15) is 0 Å².